The van der Waals surface area contributed by atoms with Gasteiger partial charge in [-0.3, -0.25) is 8.61 Å². The van der Waals surface area contributed by atoms with E-state index < -0.39 is 26.1 Å². The molecule has 41 heavy (non-hydrogen) atoms. The Bertz CT molecular complexity index is 1750. The van der Waals surface area contributed by atoms with Crippen molar-refractivity contribution < 1.29 is 16.8 Å². The van der Waals surface area contributed by atoms with Gasteiger partial charge in [-0.05, 0) is 75.1 Å². The average Bonchev–Trinajstić information content (AvgIpc) is 2.97. The molecule has 0 radical (unpaired) electrons. The Hall–Kier alpha value is -3.88. The molecule has 0 amide bonds. The molecule has 4 aromatic rings. The van der Waals surface area contributed by atoms with Crippen molar-refractivity contribution in [3.8, 4) is 0 Å². The second-order valence-electron chi connectivity index (χ2n) is 10.5. The second-order valence-corrected chi connectivity index (χ2v) is 14.1. The zero-order chi connectivity index (χ0) is 29.2. The van der Waals surface area contributed by atoms with Crippen LogP contribution in [-0.4, -0.2) is 29.4 Å². The first-order chi connectivity index (χ1) is 19.6. The lowest BCUT2D eigenvalue weighted by atomic mass is 9.98. The fourth-order valence-electron chi connectivity index (χ4n) is 5.17. The number of fused-ring (bicyclic) bond motifs is 1. The minimum atomic E-state index is -4.05. The van der Waals surface area contributed by atoms with Gasteiger partial charge in [0.25, 0.3) is 20.0 Å². The molecule has 0 aromatic heterocycles. The Labute approximate surface area is 243 Å². The number of para-hydroxylation sites is 2. The minimum Gasteiger partial charge on any atom is -0.262 e. The molecule has 6 nitrogen and oxygen atoms in total. The van der Waals surface area contributed by atoms with Crippen LogP contribution in [0.15, 0.2) is 125 Å². The summed E-state index contributed by atoms with van der Waals surface area (Å²) in [6.07, 6.45) is 2.10. The third-order valence-electron chi connectivity index (χ3n) is 7.47. The van der Waals surface area contributed by atoms with Gasteiger partial charge in [-0.1, -0.05) is 90.0 Å². The topological polar surface area (TPSA) is 74.8 Å². The highest BCUT2D eigenvalue weighted by atomic mass is 32.2. The molecule has 1 unspecified atom stereocenters. The maximum Gasteiger partial charge on any atom is 0.265 e. The number of aryl methyl sites for hydroxylation is 3. The predicted octanol–water partition coefficient (Wildman–Crippen LogP) is 6.66. The Balaban J connectivity index is 1.58. The van der Waals surface area contributed by atoms with Crippen molar-refractivity contribution in [1.29, 1.82) is 0 Å². The molecule has 1 heterocycles. The molecule has 5 rings (SSSR count). The fourth-order valence-corrected chi connectivity index (χ4v) is 8.33. The number of anilines is 2. The summed E-state index contributed by atoms with van der Waals surface area (Å²) in [5, 5.41) is 0. The van der Waals surface area contributed by atoms with Crippen LogP contribution in [0, 0.1) is 13.8 Å². The number of benzene rings is 4. The molecule has 0 saturated heterocycles. The summed E-state index contributed by atoms with van der Waals surface area (Å²) in [4.78, 5) is 0.302. The van der Waals surface area contributed by atoms with Gasteiger partial charge in [0, 0.05) is 0 Å². The number of rotatable bonds is 9. The summed E-state index contributed by atoms with van der Waals surface area (Å²) in [6.45, 7) is 8.05. The van der Waals surface area contributed by atoms with Crippen LogP contribution in [0.5, 0.6) is 0 Å². The standard InChI is InChI=1S/C33H34N2O4S2/c1-25-16-20-29(21-17-25)40(36,37)34-24-33(27(3)10-9-13-28-11-5-4-6-12-28)35(32-15-8-7-14-31(32)34)41(38,39)30-22-18-26(2)19-23-30/h4-8,11-12,14-23,33H,3,9-10,13,24H2,1-2H3. The molecule has 4 aromatic carbocycles. The van der Waals surface area contributed by atoms with Gasteiger partial charge in [0.2, 0.25) is 0 Å². The van der Waals surface area contributed by atoms with Crippen molar-refractivity contribution in [2.45, 2.75) is 48.9 Å². The average molecular weight is 587 g/mol. The van der Waals surface area contributed by atoms with E-state index in [4.69, 9.17) is 0 Å². The summed E-state index contributed by atoms with van der Waals surface area (Å²) >= 11 is 0. The zero-order valence-corrected chi connectivity index (χ0v) is 24.9. The Morgan fingerprint density at radius 2 is 1.22 bits per heavy atom. The van der Waals surface area contributed by atoms with Crippen molar-refractivity contribution in [3.05, 3.63) is 132 Å². The lowest BCUT2D eigenvalue weighted by Gasteiger charge is -2.43. The molecule has 0 aliphatic carbocycles. The first kappa shape index (κ1) is 28.6. The lowest BCUT2D eigenvalue weighted by Crippen LogP contribution is -2.53. The van der Waals surface area contributed by atoms with Crippen LogP contribution in [0.3, 0.4) is 0 Å². The minimum absolute atomic E-state index is 0.0809. The smallest absolute Gasteiger partial charge is 0.262 e. The molecule has 0 spiro atoms. The second kappa shape index (κ2) is 11.5. The molecular weight excluding hydrogens is 553 g/mol. The van der Waals surface area contributed by atoms with Crippen molar-refractivity contribution in [2.24, 2.45) is 0 Å². The van der Waals surface area contributed by atoms with E-state index in [0.717, 1.165) is 24.0 Å². The highest BCUT2D eigenvalue weighted by Crippen LogP contribution is 2.43. The monoisotopic (exact) mass is 586 g/mol. The highest BCUT2D eigenvalue weighted by molar-refractivity contribution is 7.93. The van der Waals surface area contributed by atoms with Crippen LogP contribution in [0.1, 0.15) is 29.5 Å². The van der Waals surface area contributed by atoms with Crippen LogP contribution >= 0.6 is 0 Å². The van der Waals surface area contributed by atoms with E-state index in [1.165, 1.54) is 14.2 Å². The van der Waals surface area contributed by atoms with Gasteiger partial charge in [0.1, 0.15) is 0 Å². The summed E-state index contributed by atoms with van der Waals surface area (Å²) in [5.74, 6) is 0. The van der Waals surface area contributed by atoms with Gasteiger partial charge >= 0.3 is 0 Å². The summed E-state index contributed by atoms with van der Waals surface area (Å²) < 4.78 is 59.3. The number of hydrogen-bond acceptors (Lipinski definition) is 4. The van der Waals surface area contributed by atoms with E-state index in [1.54, 1.807) is 72.8 Å². The molecule has 1 aliphatic heterocycles. The van der Waals surface area contributed by atoms with E-state index in [1.807, 2.05) is 32.0 Å². The maximum atomic E-state index is 14.3. The highest BCUT2D eigenvalue weighted by Gasteiger charge is 2.43. The van der Waals surface area contributed by atoms with E-state index in [0.29, 0.717) is 23.4 Å². The summed E-state index contributed by atoms with van der Waals surface area (Å²) in [6, 6.07) is 29.5. The zero-order valence-electron chi connectivity index (χ0n) is 23.3. The van der Waals surface area contributed by atoms with Crippen LogP contribution in [0.25, 0.3) is 0 Å². The van der Waals surface area contributed by atoms with Gasteiger partial charge in [-0.2, -0.15) is 0 Å². The van der Waals surface area contributed by atoms with Crippen LogP contribution < -0.4 is 8.61 Å². The molecule has 0 bridgehead atoms. The van der Waals surface area contributed by atoms with E-state index >= 15 is 0 Å². The van der Waals surface area contributed by atoms with Gasteiger partial charge in [-0.15, -0.1) is 0 Å². The third kappa shape index (κ3) is 5.80. The fraction of sp³-hybridized carbons (Fsp3) is 0.212. The number of nitrogens with zero attached hydrogens (tertiary/aromatic N) is 2. The van der Waals surface area contributed by atoms with Crippen LogP contribution in [0.2, 0.25) is 0 Å². The number of sulfonamides is 2. The van der Waals surface area contributed by atoms with E-state index in [2.05, 4.69) is 18.7 Å². The van der Waals surface area contributed by atoms with Gasteiger partial charge in [0.05, 0.1) is 33.8 Å². The summed E-state index contributed by atoms with van der Waals surface area (Å²) in [5.41, 5.74) is 4.36. The van der Waals surface area contributed by atoms with Crippen LogP contribution in [-0.2, 0) is 26.5 Å². The molecular formula is C33H34N2O4S2. The quantitative estimate of drug-likeness (QED) is 0.206. The lowest BCUT2D eigenvalue weighted by molar-refractivity contribution is 0.566. The van der Waals surface area contributed by atoms with Crippen molar-refractivity contribution in [1.82, 2.24) is 0 Å². The molecule has 0 saturated carbocycles. The molecule has 8 heteroatoms. The third-order valence-corrected chi connectivity index (χ3v) is 11.1. The first-order valence-corrected chi connectivity index (χ1v) is 16.5. The Morgan fingerprint density at radius 3 is 1.80 bits per heavy atom. The Kier molecular flexibility index (Phi) is 8.07. The molecule has 0 N–H and O–H groups in total. The maximum absolute atomic E-state index is 14.3. The van der Waals surface area contributed by atoms with Crippen molar-refractivity contribution >= 4 is 31.4 Å². The Morgan fingerprint density at radius 1 is 0.707 bits per heavy atom. The summed E-state index contributed by atoms with van der Waals surface area (Å²) in [7, 11) is -8.04. The molecule has 1 atom stereocenters. The molecule has 0 fully saturated rings. The van der Waals surface area contributed by atoms with Gasteiger partial charge < -0.3 is 0 Å². The van der Waals surface area contributed by atoms with Gasteiger partial charge in [-0.25, -0.2) is 16.8 Å². The molecule has 212 valence electrons. The van der Waals surface area contributed by atoms with Gasteiger partial charge in [0.15, 0.2) is 0 Å². The van der Waals surface area contributed by atoms with Crippen molar-refractivity contribution in [2.75, 3.05) is 15.2 Å². The first-order valence-electron chi connectivity index (χ1n) is 13.6. The normalized spacial score (nSPS) is 15.4. The van der Waals surface area contributed by atoms with Crippen LogP contribution in [0.4, 0.5) is 11.4 Å². The predicted molar refractivity (Wildman–Crippen MR) is 165 cm³/mol. The van der Waals surface area contributed by atoms with E-state index in [9.17, 15) is 16.8 Å². The van der Waals surface area contributed by atoms with Crippen molar-refractivity contribution in [3.63, 3.8) is 0 Å². The largest absolute Gasteiger partial charge is 0.265 e. The molecule has 1 aliphatic rings. The number of hydrogen-bond donors (Lipinski definition) is 0. The SMILES string of the molecule is C=C(CCCc1ccccc1)C1CN(S(=O)(=O)c2ccc(C)cc2)c2ccccc2N1S(=O)(=O)c1ccc(C)cc1. The van der Waals surface area contributed by atoms with E-state index in [-0.39, 0.29) is 16.3 Å².